The summed E-state index contributed by atoms with van der Waals surface area (Å²) < 4.78 is 0. The SMILES string of the molecule is Cc1ccsc1C1CCNCC1c1ccccc1. The molecule has 2 unspecified atom stereocenters. The zero-order valence-corrected chi connectivity index (χ0v) is 11.5. The highest BCUT2D eigenvalue weighted by Crippen LogP contribution is 2.40. The minimum atomic E-state index is 0.622. The molecule has 0 saturated carbocycles. The number of hydrogen-bond acceptors (Lipinski definition) is 2. The maximum absolute atomic E-state index is 3.55. The second-order valence-corrected chi connectivity index (χ2v) is 6.03. The van der Waals surface area contributed by atoms with E-state index in [-0.39, 0.29) is 0 Å². The smallest absolute Gasteiger partial charge is 0.0112 e. The molecule has 1 aromatic carbocycles. The molecule has 18 heavy (non-hydrogen) atoms. The third-order valence-electron chi connectivity index (χ3n) is 3.95. The molecule has 1 N–H and O–H groups in total. The minimum absolute atomic E-state index is 0.622. The van der Waals surface area contributed by atoms with Crippen LogP contribution in [0.4, 0.5) is 0 Å². The van der Waals surface area contributed by atoms with Crippen LogP contribution in [0.3, 0.4) is 0 Å². The lowest BCUT2D eigenvalue weighted by molar-refractivity contribution is 0.407. The van der Waals surface area contributed by atoms with Crippen LogP contribution >= 0.6 is 11.3 Å². The summed E-state index contributed by atoms with van der Waals surface area (Å²) in [7, 11) is 0. The lowest BCUT2D eigenvalue weighted by atomic mass is 9.80. The Balaban J connectivity index is 1.94. The van der Waals surface area contributed by atoms with Gasteiger partial charge in [-0.2, -0.15) is 0 Å². The molecule has 2 atom stereocenters. The Labute approximate surface area is 113 Å². The maximum atomic E-state index is 3.55. The van der Waals surface area contributed by atoms with Crippen LogP contribution in [0.25, 0.3) is 0 Å². The Morgan fingerprint density at radius 3 is 2.67 bits per heavy atom. The van der Waals surface area contributed by atoms with Crippen molar-refractivity contribution in [2.24, 2.45) is 0 Å². The predicted molar refractivity (Wildman–Crippen MR) is 78.5 cm³/mol. The zero-order valence-electron chi connectivity index (χ0n) is 10.7. The lowest BCUT2D eigenvalue weighted by Gasteiger charge is -2.32. The molecule has 0 radical (unpaired) electrons. The van der Waals surface area contributed by atoms with Gasteiger partial charge in [-0.05, 0) is 42.5 Å². The lowest BCUT2D eigenvalue weighted by Crippen LogP contribution is -2.33. The monoisotopic (exact) mass is 257 g/mol. The Kier molecular flexibility index (Phi) is 3.48. The first kappa shape index (κ1) is 11.9. The summed E-state index contributed by atoms with van der Waals surface area (Å²) in [5.74, 6) is 1.31. The highest BCUT2D eigenvalue weighted by atomic mass is 32.1. The number of aryl methyl sites for hydroxylation is 1. The normalized spacial score (nSPS) is 24.1. The summed E-state index contributed by atoms with van der Waals surface area (Å²) in [5.41, 5.74) is 2.94. The summed E-state index contributed by atoms with van der Waals surface area (Å²) in [6.45, 7) is 4.49. The molecule has 1 saturated heterocycles. The van der Waals surface area contributed by atoms with E-state index < -0.39 is 0 Å². The molecule has 94 valence electrons. The van der Waals surface area contributed by atoms with Crippen molar-refractivity contribution in [2.45, 2.75) is 25.2 Å². The molecular weight excluding hydrogens is 238 g/mol. The van der Waals surface area contributed by atoms with E-state index >= 15 is 0 Å². The van der Waals surface area contributed by atoms with E-state index in [9.17, 15) is 0 Å². The molecule has 1 aliphatic heterocycles. The Hall–Kier alpha value is -1.12. The molecule has 3 rings (SSSR count). The molecule has 2 heterocycles. The quantitative estimate of drug-likeness (QED) is 0.860. The van der Waals surface area contributed by atoms with Gasteiger partial charge in [0, 0.05) is 23.3 Å². The first-order valence-electron chi connectivity index (χ1n) is 6.66. The standard InChI is InChI=1S/C16H19NS/c1-12-8-10-18-16(12)14-7-9-17-11-15(14)13-5-3-2-4-6-13/h2-6,8,10,14-15,17H,7,9,11H2,1H3. The number of benzene rings is 1. The predicted octanol–water partition coefficient (Wildman–Crippen LogP) is 3.92. The van der Waals surface area contributed by atoms with Crippen LogP contribution in [0, 0.1) is 6.92 Å². The number of rotatable bonds is 2. The minimum Gasteiger partial charge on any atom is -0.316 e. The zero-order chi connectivity index (χ0) is 12.4. The first-order chi connectivity index (χ1) is 8.86. The fourth-order valence-corrected chi connectivity index (χ4v) is 4.12. The van der Waals surface area contributed by atoms with Crippen molar-refractivity contribution in [3.63, 3.8) is 0 Å². The van der Waals surface area contributed by atoms with Gasteiger partial charge >= 0.3 is 0 Å². The topological polar surface area (TPSA) is 12.0 Å². The number of piperidine rings is 1. The third kappa shape index (κ3) is 2.23. The molecule has 0 amide bonds. The summed E-state index contributed by atoms with van der Waals surface area (Å²) in [5, 5.41) is 5.78. The molecule has 1 aromatic heterocycles. The van der Waals surface area contributed by atoms with Gasteiger partial charge in [0.05, 0.1) is 0 Å². The second-order valence-electron chi connectivity index (χ2n) is 5.08. The average Bonchev–Trinajstić information content (AvgIpc) is 2.86. The number of nitrogens with one attached hydrogen (secondary N) is 1. The molecular formula is C16H19NS. The van der Waals surface area contributed by atoms with Gasteiger partial charge in [0.25, 0.3) is 0 Å². The average molecular weight is 257 g/mol. The van der Waals surface area contributed by atoms with E-state index in [0.717, 1.165) is 13.1 Å². The van der Waals surface area contributed by atoms with Crippen molar-refractivity contribution in [2.75, 3.05) is 13.1 Å². The largest absolute Gasteiger partial charge is 0.316 e. The van der Waals surface area contributed by atoms with Gasteiger partial charge in [0.2, 0.25) is 0 Å². The van der Waals surface area contributed by atoms with E-state index in [0.29, 0.717) is 11.8 Å². The molecule has 0 aliphatic carbocycles. The molecule has 1 nitrogen and oxygen atoms in total. The van der Waals surface area contributed by atoms with Crippen LogP contribution in [-0.2, 0) is 0 Å². The van der Waals surface area contributed by atoms with Crippen molar-refractivity contribution in [3.05, 3.63) is 57.8 Å². The van der Waals surface area contributed by atoms with Gasteiger partial charge in [-0.1, -0.05) is 30.3 Å². The molecule has 1 fully saturated rings. The number of thiophene rings is 1. The first-order valence-corrected chi connectivity index (χ1v) is 7.54. The fourth-order valence-electron chi connectivity index (χ4n) is 2.99. The van der Waals surface area contributed by atoms with Gasteiger partial charge in [0.15, 0.2) is 0 Å². The highest BCUT2D eigenvalue weighted by molar-refractivity contribution is 7.10. The van der Waals surface area contributed by atoms with Crippen molar-refractivity contribution in [1.82, 2.24) is 5.32 Å². The molecule has 0 bridgehead atoms. The van der Waals surface area contributed by atoms with Crippen LogP contribution in [0.15, 0.2) is 41.8 Å². The van der Waals surface area contributed by atoms with Crippen LogP contribution in [-0.4, -0.2) is 13.1 Å². The van der Waals surface area contributed by atoms with Gasteiger partial charge in [-0.15, -0.1) is 11.3 Å². The van der Waals surface area contributed by atoms with Gasteiger partial charge in [0.1, 0.15) is 0 Å². The molecule has 0 spiro atoms. The summed E-state index contributed by atoms with van der Waals surface area (Å²) in [6, 6.07) is 13.2. The van der Waals surface area contributed by atoms with Crippen molar-refractivity contribution < 1.29 is 0 Å². The van der Waals surface area contributed by atoms with Gasteiger partial charge in [-0.25, -0.2) is 0 Å². The summed E-state index contributed by atoms with van der Waals surface area (Å²) >= 11 is 1.93. The van der Waals surface area contributed by atoms with Crippen LogP contribution in [0.1, 0.15) is 34.3 Å². The van der Waals surface area contributed by atoms with E-state index in [1.54, 1.807) is 4.88 Å². The van der Waals surface area contributed by atoms with E-state index in [4.69, 9.17) is 0 Å². The summed E-state index contributed by atoms with van der Waals surface area (Å²) in [6.07, 6.45) is 1.25. The molecule has 2 heteroatoms. The Morgan fingerprint density at radius 2 is 1.94 bits per heavy atom. The molecule has 2 aromatic rings. The molecule has 1 aliphatic rings. The number of hydrogen-bond donors (Lipinski definition) is 1. The van der Waals surface area contributed by atoms with Crippen molar-refractivity contribution in [1.29, 1.82) is 0 Å². The van der Waals surface area contributed by atoms with Crippen LogP contribution in [0.5, 0.6) is 0 Å². The highest BCUT2D eigenvalue weighted by Gasteiger charge is 2.29. The van der Waals surface area contributed by atoms with Gasteiger partial charge < -0.3 is 5.32 Å². The fraction of sp³-hybridized carbons (Fsp3) is 0.375. The third-order valence-corrected chi connectivity index (χ3v) is 5.10. The van der Waals surface area contributed by atoms with Crippen LogP contribution < -0.4 is 5.32 Å². The van der Waals surface area contributed by atoms with Crippen LogP contribution in [0.2, 0.25) is 0 Å². The second kappa shape index (κ2) is 5.25. The van der Waals surface area contributed by atoms with Crippen molar-refractivity contribution >= 4 is 11.3 Å². The van der Waals surface area contributed by atoms with E-state index in [1.165, 1.54) is 17.5 Å². The Bertz CT molecular complexity index is 503. The van der Waals surface area contributed by atoms with Crippen molar-refractivity contribution in [3.8, 4) is 0 Å². The van der Waals surface area contributed by atoms with E-state index in [2.05, 4.69) is 54.0 Å². The van der Waals surface area contributed by atoms with E-state index in [1.807, 2.05) is 11.3 Å². The maximum Gasteiger partial charge on any atom is 0.0112 e. The van der Waals surface area contributed by atoms with Gasteiger partial charge in [-0.3, -0.25) is 0 Å². The Morgan fingerprint density at radius 1 is 1.11 bits per heavy atom. The summed E-state index contributed by atoms with van der Waals surface area (Å²) in [4.78, 5) is 1.59.